The first-order chi connectivity index (χ1) is 9.11. The van der Waals surface area contributed by atoms with Gasteiger partial charge in [-0.3, -0.25) is 0 Å². The summed E-state index contributed by atoms with van der Waals surface area (Å²) in [5, 5.41) is 3.76. The van der Waals surface area contributed by atoms with Crippen molar-refractivity contribution in [1.82, 2.24) is 10.2 Å². The van der Waals surface area contributed by atoms with Gasteiger partial charge in [0.05, 0.1) is 0 Å². The summed E-state index contributed by atoms with van der Waals surface area (Å²) in [6.07, 6.45) is 9.77. The van der Waals surface area contributed by atoms with E-state index in [1.807, 2.05) is 0 Å². The molecule has 0 aromatic rings. The Morgan fingerprint density at radius 1 is 1.16 bits per heavy atom. The highest BCUT2D eigenvalue weighted by Gasteiger charge is 2.29. The summed E-state index contributed by atoms with van der Waals surface area (Å²) in [5.41, 5.74) is 0.592. The second-order valence-electron chi connectivity index (χ2n) is 7.55. The van der Waals surface area contributed by atoms with Crippen LogP contribution in [0.3, 0.4) is 0 Å². The predicted octanol–water partition coefficient (Wildman–Crippen LogP) is 3.67. The van der Waals surface area contributed by atoms with E-state index in [1.165, 1.54) is 71.1 Å². The zero-order valence-electron chi connectivity index (χ0n) is 13.4. The number of nitrogens with one attached hydrogen (secondary N) is 1. The van der Waals surface area contributed by atoms with Crippen LogP contribution in [0.1, 0.15) is 65.7 Å². The van der Waals surface area contributed by atoms with Gasteiger partial charge in [-0.05, 0) is 76.0 Å². The Bertz CT molecular complexity index is 252. The number of hydrogen-bond acceptors (Lipinski definition) is 2. The van der Waals surface area contributed by atoms with Crippen LogP contribution in [-0.4, -0.2) is 37.1 Å². The maximum absolute atomic E-state index is 3.76. The van der Waals surface area contributed by atoms with Crippen LogP contribution in [0.4, 0.5) is 0 Å². The van der Waals surface area contributed by atoms with Crippen LogP contribution in [0.2, 0.25) is 0 Å². The lowest BCUT2D eigenvalue weighted by atomic mass is 9.82. The van der Waals surface area contributed by atoms with Gasteiger partial charge in [-0.25, -0.2) is 0 Å². The van der Waals surface area contributed by atoms with E-state index in [-0.39, 0.29) is 0 Å². The van der Waals surface area contributed by atoms with Crippen molar-refractivity contribution in [1.29, 1.82) is 0 Å². The molecule has 1 saturated heterocycles. The summed E-state index contributed by atoms with van der Waals surface area (Å²) >= 11 is 0. The Kier molecular flexibility index (Phi) is 5.70. The van der Waals surface area contributed by atoms with Crippen LogP contribution < -0.4 is 5.32 Å². The molecular weight excluding hydrogens is 232 g/mol. The van der Waals surface area contributed by atoms with Gasteiger partial charge in [-0.1, -0.05) is 27.2 Å². The smallest absolute Gasteiger partial charge is 0.00958 e. The number of rotatable bonds is 6. The average molecular weight is 266 g/mol. The number of nitrogens with zero attached hydrogens (tertiary/aromatic N) is 1. The van der Waals surface area contributed by atoms with Crippen LogP contribution in [0.15, 0.2) is 0 Å². The SMILES string of the molecule is CCCNC1CCCC1CCN1CCC(C)(C)CC1. The van der Waals surface area contributed by atoms with E-state index < -0.39 is 0 Å². The molecule has 2 fully saturated rings. The zero-order chi connectivity index (χ0) is 13.7. The summed E-state index contributed by atoms with van der Waals surface area (Å²) < 4.78 is 0. The lowest BCUT2D eigenvalue weighted by Crippen LogP contribution is -2.40. The lowest BCUT2D eigenvalue weighted by Gasteiger charge is -2.37. The number of piperidine rings is 1. The van der Waals surface area contributed by atoms with E-state index >= 15 is 0 Å². The van der Waals surface area contributed by atoms with Crippen molar-refractivity contribution in [3.63, 3.8) is 0 Å². The zero-order valence-corrected chi connectivity index (χ0v) is 13.4. The second-order valence-corrected chi connectivity index (χ2v) is 7.55. The summed E-state index contributed by atoms with van der Waals surface area (Å²) in [5.74, 6) is 0.946. The third kappa shape index (κ3) is 4.75. The Hall–Kier alpha value is -0.0800. The van der Waals surface area contributed by atoms with Crippen molar-refractivity contribution in [2.24, 2.45) is 11.3 Å². The molecule has 1 aliphatic carbocycles. The van der Waals surface area contributed by atoms with E-state index in [1.54, 1.807) is 0 Å². The van der Waals surface area contributed by atoms with Crippen molar-refractivity contribution >= 4 is 0 Å². The van der Waals surface area contributed by atoms with Gasteiger partial charge in [0.15, 0.2) is 0 Å². The number of hydrogen-bond donors (Lipinski definition) is 1. The fourth-order valence-corrected chi connectivity index (χ4v) is 3.71. The largest absolute Gasteiger partial charge is 0.314 e. The topological polar surface area (TPSA) is 15.3 Å². The van der Waals surface area contributed by atoms with Crippen molar-refractivity contribution in [2.75, 3.05) is 26.2 Å². The minimum Gasteiger partial charge on any atom is -0.314 e. The molecular formula is C17H34N2. The van der Waals surface area contributed by atoms with Gasteiger partial charge in [-0.2, -0.15) is 0 Å². The van der Waals surface area contributed by atoms with Gasteiger partial charge in [0.25, 0.3) is 0 Å². The quantitative estimate of drug-likeness (QED) is 0.789. The first kappa shape index (κ1) is 15.3. The Labute approximate surface area is 120 Å². The normalized spacial score (nSPS) is 31.7. The molecule has 19 heavy (non-hydrogen) atoms. The molecule has 0 amide bonds. The monoisotopic (exact) mass is 266 g/mol. The highest BCUT2D eigenvalue weighted by molar-refractivity contribution is 4.85. The Morgan fingerprint density at radius 3 is 2.58 bits per heavy atom. The Morgan fingerprint density at radius 2 is 1.89 bits per heavy atom. The first-order valence-electron chi connectivity index (χ1n) is 8.56. The van der Waals surface area contributed by atoms with Gasteiger partial charge in [0.2, 0.25) is 0 Å². The van der Waals surface area contributed by atoms with E-state index in [9.17, 15) is 0 Å². The highest BCUT2D eigenvalue weighted by Crippen LogP contribution is 2.32. The van der Waals surface area contributed by atoms with Crippen LogP contribution >= 0.6 is 0 Å². The molecule has 2 heteroatoms. The standard InChI is InChI=1S/C17H34N2/c1-4-11-18-16-7-5-6-15(16)8-12-19-13-9-17(2,3)10-14-19/h15-16,18H,4-14H2,1-3H3. The van der Waals surface area contributed by atoms with Crippen LogP contribution in [0.25, 0.3) is 0 Å². The molecule has 2 rings (SSSR count). The summed E-state index contributed by atoms with van der Waals surface area (Å²) in [6, 6.07) is 0.821. The highest BCUT2D eigenvalue weighted by atomic mass is 15.1. The van der Waals surface area contributed by atoms with E-state index in [0.717, 1.165) is 12.0 Å². The van der Waals surface area contributed by atoms with Crippen LogP contribution in [0, 0.1) is 11.3 Å². The summed E-state index contributed by atoms with van der Waals surface area (Å²) in [7, 11) is 0. The van der Waals surface area contributed by atoms with Gasteiger partial charge in [0, 0.05) is 6.04 Å². The molecule has 2 nitrogen and oxygen atoms in total. The molecule has 0 aromatic carbocycles. The molecule has 2 atom stereocenters. The minimum atomic E-state index is 0.592. The molecule has 1 N–H and O–H groups in total. The molecule has 1 aliphatic heterocycles. The van der Waals surface area contributed by atoms with Crippen molar-refractivity contribution < 1.29 is 0 Å². The maximum atomic E-state index is 3.76. The minimum absolute atomic E-state index is 0.592. The van der Waals surface area contributed by atoms with E-state index in [2.05, 4.69) is 31.0 Å². The number of likely N-dealkylation sites (tertiary alicyclic amines) is 1. The molecule has 1 saturated carbocycles. The summed E-state index contributed by atoms with van der Waals surface area (Å²) in [4.78, 5) is 2.71. The molecule has 0 radical (unpaired) electrons. The van der Waals surface area contributed by atoms with Gasteiger partial charge >= 0.3 is 0 Å². The van der Waals surface area contributed by atoms with Crippen molar-refractivity contribution in [2.45, 2.75) is 71.8 Å². The molecule has 2 aliphatic rings. The van der Waals surface area contributed by atoms with Gasteiger partial charge in [0.1, 0.15) is 0 Å². The van der Waals surface area contributed by atoms with Crippen LogP contribution in [0.5, 0.6) is 0 Å². The van der Waals surface area contributed by atoms with Gasteiger partial charge < -0.3 is 10.2 Å². The molecule has 0 spiro atoms. The molecule has 1 heterocycles. The maximum Gasteiger partial charge on any atom is 0.00958 e. The van der Waals surface area contributed by atoms with E-state index in [4.69, 9.17) is 0 Å². The van der Waals surface area contributed by atoms with Crippen LogP contribution in [-0.2, 0) is 0 Å². The summed E-state index contributed by atoms with van der Waals surface area (Å²) in [6.45, 7) is 12.3. The lowest BCUT2D eigenvalue weighted by molar-refractivity contribution is 0.125. The second kappa shape index (κ2) is 7.08. The molecule has 112 valence electrons. The van der Waals surface area contributed by atoms with Crippen molar-refractivity contribution in [3.8, 4) is 0 Å². The first-order valence-corrected chi connectivity index (χ1v) is 8.56. The van der Waals surface area contributed by atoms with Crippen molar-refractivity contribution in [3.05, 3.63) is 0 Å². The average Bonchev–Trinajstić information content (AvgIpc) is 2.82. The Balaban J connectivity index is 1.67. The third-order valence-corrected chi connectivity index (χ3v) is 5.34. The van der Waals surface area contributed by atoms with E-state index in [0.29, 0.717) is 5.41 Å². The molecule has 2 unspecified atom stereocenters. The fraction of sp³-hybridized carbons (Fsp3) is 1.00. The van der Waals surface area contributed by atoms with Gasteiger partial charge in [-0.15, -0.1) is 0 Å². The third-order valence-electron chi connectivity index (χ3n) is 5.34. The fourth-order valence-electron chi connectivity index (χ4n) is 3.71. The molecule has 0 bridgehead atoms. The predicted molar refractivity (Wildman–Crippen MR) is 83.5 cm³/mol. The molecule has 0 aromatic heterocycles.